The molecule has 0 aromatic heterocycles. The number of ether oxygens (including phenoxy) is 1. The van der Waals surface area contributed by atoms with E-state index in [1.807, 2.05) is 0 Å². The molecule has 0 atom stereocenters. The molecular formula is C7H10F3NO3S. The Labute approximate surface area is 84.6 Å². The molecule has 88 valence electrons. The predicted octanol–water partition coefficient (Wildman–Crippen LogP) is 0.386. The Balaban J connectivity index is 2.12. The van der Waals surface area contributed by atoms with E-state index in [1.54, 1.807) is 0 Å². The van der Waals surface area contributed by atoms with Gasteiger partial charge in [-0.2, -0.15) is 13.2 Å². The lowest BCUT2D eigenvalue weighted by atomic mass is 9.63. The van der Waals surface area contributed by atoms with Gasteiger partial charge < -0.3 is 4.74 Å². The van der Waals surface area contributed by atoms with Crippen molar-refractivity contribution >= 4 is 10.0 Å². The monoisotopic (exact) mass is 245 g/mol. The smallest absolute Gasteiger partial charge is 0.373 e. The lowest BCUT2D eigenvalue weighted by molar-refractivity contribution is -0.241. The third-order valence-electron chi connectivity index (χ3n) is 3.04. The summed E-state index contributed by atoms with van der Waals surface area (Å²) in [4.78, 5) is 0. The van der Waals surface area contributed by atoms with Crippen LogP contribution in [0.4, 0.5) is 13.2 Å². The minimum absolute atomic E-state index is 0.292. The summed E-state index contributed by atoms with van der Waals surface area (Å²) in [6.45, 7) is -0.452. The van der Waals surface area contributed by atoms with Crippen molar-refractivity contribution in [2.24, 2.45) is 10.6 Å². The first-order valence-electron chi connectivity index (χ1n) is 4.29. The summed E-state index contributed by atoms with van der Waals surface area (Å²) in [5.74, 6) is -0.530. The van der Waals surface area contributed by atoms with Crippen LogP contribution in [0, 0.1) is 5.41 Å². The Morgan fingerprint density at radius 2 is 1.87 bits per heavy atom. The van der Waals surface area contributed by atoms with Gasteiger partial charge >= 0.3 is 6.18 Å². The van der Waals surface area contributed by atoms with E-state index in [2.05, 4.69) is 0 Å². The van der Waals surface area contributed by atoms with Gasteiger partial charge in [-0.1, -0.05) is 0 Å². The molecule has 0 amide bonds. The molecule has 2 saturated heterocycles. The molecule has 2 heterocycles. The van der Waals surface area contributed by atoms with Gasteiger partial charge in [0, 0.05) is 0 Å². The number of primary sulfonamides is 1. The van der Waals surface area contributed by atoms with Gasteiger partial charge in [-0.15, -0.1) is 0 Å². The average molecular weight is 245 g/mol. The summed E-state index contributed by atoms with van der Waals surface area (Å²) in [5.41, 5.74) is -3.03. The molecule has 3 fully saturated rings. The molecule has 15 heavy (non-hydrogen) atoms. The van der Waals surface area contributed by atoms with Crippen LogP contribution >= 0.6 is 0 Å². The lowest BCUT2D eigenvalue weighted by Gasteiger charge is -2.44. The van der Waals surface area contributed by atoms with Crippen LogP contribution in [0.15, 0.2) is 0 Å². The first-order valence-corrected chi connectivity index (χ1v) is 6.00. The number of rotatable bonds is 2. The summed E-state index contributed by atoms with van der Waals surface area (Å²) in [5, 5.41) is 4.79. The van der Waals surface area contributed by atoms with E-state index < -0.39 is 39.6 Å². The van der Waals surface area contributed by atoms with Gasteiger partial charge in [0.2, 0.25) is 10.0 Å². The van der Waals surface area contributed by atoms with Crippen LogP contribution in [0.1, 0.15) is 12.8 Å². The Kier molecular flexibility index (Phi) is 1.98. The Morgan fingerprint density at radius 3 is 2.20 bits per heavy atom. The molecule has 8 heteroatoms. The minimum atomic E-state index is -4.33. The van der Waals surface area contributed by atoms with Crippen LogP contribution in [-0.4, -0.2) is 32.6 Å². The fourth-order valence-corrected chi connectivity index (χ4v) is 3.49. The largest absolute Gasteiger partial charge is 0.396 e. The van der Waals surface area contributed by atoms with E-state index in [-0.39, 0.29) is 12.8 Å². The SMILES string of the molecule is NS(=O)(=O)CC12CC(C(F)(F)F)(CO1)C2. The van der Waals surface area contributed by atoms with Gasteiger partial charge in [-0.05, 0) is 12.8 Å². The number of halogens is 3. The number of nitrogens with two attached hydrogens (primary N) is 1. The second-order valence-corrected chi connectivity index (χ2v) is 6.02. The van der Waals surface area contributed by atoms with Crippen LogP contribution in [0.3, 0.4) is 0 Å². The van der Waals surface area contributed by atoms with Crippen LogP contribution in [-0.2, 0) is 14.8 Å². The Morgan fingerprint density at radius 1 is 1.33 bits per heavy atom. The maximum absolute atomic E-state index is 12.5. The normalized spacial score (nSPS) is 40.3. The van der Waals surface area contributed by atoms with Crippen molar-refractivity contribution in [1.29, 1.82) is 0 Å². The molecule has 1 saturated carbocycles. The molecule has 1 aliphatic carbocycles. The first-order chi connectivity index (χ1) is 6.58. The van der Waals surface area contributed by atoms with Crippen LogP contribution in [0.5, 0.6) is 0 Å². The third kappa shape index (κ3) is 1.64. The number of alkyl halides is 3. The van der Waals surface area contributed by atoms with E-state index in [0.29, 0.717) is 0 Å². The molecule has 0 aromatic carbocycles. The maximum Gasteiger partial charge on any atom is 0.396 e. The second kappa shape index (κ2) is 2.67. The molecule has 3 rings (SSSR count). The zero-order valence-corrected chi connectivity index (χ0v) is 8.49. The Bertz CT molecular complexity index is 383. The fourth-order valence-electron chi connectivity index (χ4n) is 2.47. The lowest BCUT2D eigenvalue weighted by Crippen LogP contribution is -2.55. The Hall–Kier alpha value is -0.340. The van der Waals surface area contributed by atoms with Gasteiger partial charge in [-0.25, -0.2) is 13.6 Å². The molecule has 0 aromatic rings. The molecule has 3 aliphatic rings. The average Bonchev–Trinajstić information content (AvgIpc) is 2.34. The summed E-state index contributed by atoms with van der Waals surface area (Å²) in [6.07, 6.45) is -4.91. The summed E-state index contributed by atoms with van der Waals surface area (Å²) >= 11 is 0. The number of hydrogen-bond acceptors (Lipinski definition) is 3. The molecule has 2 aliphatic heterocycles. The zero-order valence-electron chi connectivity index (χ0n) is 7.67. The highest BCUT2D eigenvalue weighted by atomic mass is 32.2. The summed E-state index contributed by atoms with van der Waals surface area (Å²) in [7, 11) is -3.79. The highest BCUT2D eigenvalue weighted by Gasteiger charge is 2.74. The van der Waals surface area contributed by atoms with Crippen LogP contribution in [0.2, 0.25) is 0 Å². The van der Waals surface area contributed by atoms with Gasteiger partial charge in [0.05, 0.1) is 23.4 Å². The van der Waals surface area contributed by atoms with Crippen molar-refractivity contribution in [2.75, 3.05) is 12.4 Å². The molecular weight excluding hydrogens is 235 g/mol. The summed E-state index contributed by atoms with van der Waals surface area (Å²) < 4.78 is 64.1. The van der Waals surface area contributed by atoms with Crippen molar-refractivity contribution < 1.29 is 26.3 Å². The van der Waals surface area contributed by atoms with Crippen molar-refractivity contribution in [3.05, 3.63) is 0 Å². The van der Waals surface area contributed by atoms with Gasteiger partial charge in [-0.3, -0.25) is 0 Å². The van der Waals surface area contributed by atoms with E-state index in [9.17, 15) is 21.6 Å². The topological polar surface area (TPSA) is 69.4 Å². The number of hydrogen-bond donors (Lipinski definition) is 1. The van der Waals surface area contributed by atoms with Gasteiger partial charge in [0.25, 0.3) is 0 Å². The van der Waals surface area contributed by atoms with Gasteiger partial charge in [0.1, 0.15) is 0 Å². The van der Waals surface area contributed by atoms with E-state index in [1.165, 1.54) is 0 Å². The molecule has 0 spiro atoms. The molecule has 0 unspecified atom stereocenters. The molecule has 0 radical (unpaired) electrons. The van der Waals surface area contributed by atoms with Crippen molar-refractivity contribution in [3.63, 3.8) is 0 Å². The highest BCUT2D eigenvalue weighted by molar-refractivity contribution is 7.89. The second-order valence-electron chi connectivity index (χ2n) is 4.41. The molecule has 2 bridgehead atoms. The zero-order chi connectivity index (χ0) is 11.5. The van der Waals surface area contributed by atoms with E-state index in [0.717, 1.165) is 0 Å². The fraction of sp³-hybridized carbons (Fsp3) is 1.00. The predicted molar refractivity (Wildman–Crippen MR) is 44.4 cm³/mol. The first kappa shape index (κ1) is 11.2. The van der Waals surface area contributed by atoms with Crippen molar-refractivity contribution in [3.8, 4) is 0 Å². The highest BCUT2D eigenvalue weighted by Crippen LogP contribution is 2.64. The minimum Gasteiger partial charge on any atom is -0.373 e. The number of fused-ring (bicyclic) bond motifs is 1. The third-order valence-corrected chi connectivity index (χ3v) is 3.97. The quantitative estimate of drug-likeness (QED) is 0.765. The van der Waals surface area contributed by atoms with E-state index in [4.69, 9.17) is 9.88 Å². The summed E-state index contributed by atoms with van der Waals surface area (Å²) in [6, 6.07) is 0. The van der Waals surface area contributed by atoms with Gasteiger partial charge in [0.15, 0.2) is 0 Å². The van der Waals surface area contributed by atoms with Crippen molar-refractivity contribution in [2.45, 2.75) is 24.6 Å². The van der Waals surface area contributed by atoms with Crippen LogP contribution < -0.4 is 5.14 Å². The maximum atomic E-state index is 12.5. The molecule has 2 N–H and O–H groups in total. The number of sulfonamides is 1. The van der Waals surface area contributed by atoms with Crippen molar-refractivity contribution in [1.82, 2.24) is 0 Å². The van der Waals surface area contributed by atoms with Crippen LogP contribution in [0.25, 0.3) is 0 Å². The molecule has 4 nitrogen and oxygen atoms in total. The standard InChI is InChI=1S/C7H10F3NO3S/c8-7(9,10)5-1-6(2-5,14-3-5)4-15(11,12)13/h1-4H2,(H2,11,12,13). The van der Waals surface area contributed by atoms with E-state index >= 15 is 0 Å².